The molecule has 13 heavy (non-hydrogen) atoms. The summed E-state index contributed by atoms with van der Waals surface area (Å²) in [5, 5.41) is 0. The normalized spacial score (nSPS) is 40.1. The fourth-order valence-electron chi connectivity index (χ4n) is 4.16. The molecule has 0 aliphatic heterocycles. The van der Waals surface area contributed by atoms with E-state index >= 15 is 0 Å². The van der Waals surface area contributed by atoms with Gasteiger partial charge in [0.25, 0.3) is 0 Å². The van der Waals surface area contributed by atoms with Gasteiger partial charge in [0.2, 0.25) is 0 Å². The lowest BCUT2D eigenvalue weighted by molar-refractivity contribution is 0.119. The minimum atomic E-state index is 0.675. The van der Waals surface area contributed by atoms with Gasteiger partial charge < -0.3 is 0 Å². The molecule has 0 saturated heterocycles. The highest BCUT2D eigenvalue weighted by molar-refractivity contribution is 5.18. The first-order chi connectivity index (χ1) is 6.28. The van der Waals surface area contributed by atoms with Crippen LogP contribution in [0.2, 0.25) is 0 Å². The van der Waals surface area contributed by atoms with E-state index in [-0.39, 0.29) is 0 Å². The highest BCUT2D eigenvalue weighted by Gasteiger charge is 2.52. The Labute approximate surface area is 82.4 Å². The maximum atomic E-state index is 2.50. The molecule has 1 fully saturated rings. The van der Waals surface area contributed by atoms with Crippen LogP contribution < -0.4 is 0 Å². The highest BCUT2D eigenvalue weighted by Crippen LogP contribution is 2.60. The maximum absolute atomic E-state index is 2.50. The lowest BCUT2D eigenvalue weighted by Crippen LogP contribution is -2.33. The Kier molecular flexibility index (Phi) is 2.25. The molecule has 3 unspecified atom stereocenters. The summed E-state index contributed by atoms with van der Waals surface area (Å²) in [6, 6.07) is 0. The Morgan fingerprint density at radius 3 is 2.31 bits per heavy atom. The van der Waals surface area contributed by atoms with Gasteiger partial charge in [0.1, 0.15) is 0 Å². The number of allylic oxidation sites excluding steroid dienone is 2. The number of rotatable bonds is 3. The molecule has 0 aromatic heterocycles. The van der Waals surface area contributed by atoms with Crippen molar-refractivity contribution in [3.63, 3.8) is 0 Å². The summed E-state index contributed by atoms with van der Waals surface area (Å²) >= 11 is 0. The SMILES string of the molecule is CCC1C2C=CC(C2)C1(CC)CC. The van der Waals surface area contributed by atoms with Crippen LogP contribution in [0.5, 0.6) is 0 Å². The Bertz CT molecular complexity index is 210. The Hall–Kier alpha value is -0.260. The lowest BCUT2D eigenvalue weighted by Gasteiger charge is -2.40. The van der Waals surface area contributed by atoms with Crippen LogP contribution in [-0.4, -0.2) is 0 Å². The third-order valence-electron chi connectivity index (χ3n) is 4.87. The minimum Gasteiger partial charge on any atom is -0.0848 e. The summed E-state index contributed by atoms with van der Waals surface area (Å²) in [6.45, 7) is 7.15. The summed E-state index contributed by atoms with van der Waals surface area (Å²) < 4.78 is 0. The van der Waals surface area contributed by atoms with Gasteiger partial charge in [-0.3, -0.25) is 0 Å². The first-order valence-corrected chi connectivity index (χ1v) is 5.96. The molecule has 0 amide bonds. The van der Waals surface area contributed by atoms with Gasteiger partial charge in [0.15, 0.2) is 0 Å². The molecule has 0 nitrogen and oxygen atoms in total. The molecule has 2 aliphatic rings. The first kappa shape index (κ1) is 9.30. The van der Waals surface area contributed by atoms with Crippen LogP contribution in [0.25, 0.3) is 0 Å². The molecule has 1 saturated carbocycles. The zero-order valence-corrected chi connectivity index (χ0v) is 9.22. The summed E-state index contributed by atoms with van der Waals surface area (Å²) in [5.41, 5.74) is 0.675. The molecule has 0 heterocycles. The molecule has 0 radical (unpaired) electrons. The van der Waals surface area contributed by atoms with E-state index in [1.165, 1.54) is 25.7 Å². The van der Waals surface area contributed by atoms with Crippen LogP contribution in [0.1, 0.15) is 46.5 Å². The van der Waals surface area contributed by atoms with E-state index in [0.29, 0.717) is 5.41 Å². The topological polar surface area (TPSA) is 0 Å². The van der Waals surface area contributed by atoms with Gasteiger partial charge in [-0.2, -0.15) is 0 Å². The van der Waals surface area contributed by atoms with Crippen LogP contribution in [0.3, 0.4) is 0 Å². The Morgan fingerprint density at radius 1 is 1.15 bits per heavy atom. The zero-order valence-electron chi connectivity index (χ0n) is 9.22. The number of hydrogen-bond donors (Lipinski definition) is 0. The molecule has 74 valence electrons. The third kappa shape index (κ3) is 1.04. The molecule has 0 spiro atoms. The number of hydrogen-bond acceptors (Lipinski definition) is 0. The second kappa shape index (κ2) is 3.15. The van der Waals surface area contributed by atoms with Gasteiger partial charge in [-0.15, -0.1) is 0 Å². The fraction of sp³-hybridized carbons (Fsp3) is 0.846. The maximum Gasteiger partial charge on any atom is -0.0168 e. The lowest BCUT2D eigenvalue weighted by atomic mass is 9.64. The predicted octanol–water partition coefficient (Wildman–Crippen LogP) is 4.02. The van der Waals surface area contributed by atoms with E-state index in [9.17, 15) is 0 Å². The molecule has 2 bridgehead atoms. The number of fused-ring (bicyclic) bond motifs is 2. The predicted molar refractivity (Wildman–Crippen MR) is 57.5 cm³/mol. The van der Waals surface area contributed by atoms with Crippen molar-refractivity contribution in [1.82, 2.24) is 0 Å². The smallest absolute Gasteiger partial charge is 0.0168 e. The van der Waals surface area contributed by atoms with E-state index in [2.05, 4.69) is 32.9 Å². The Morgan fingerprint density at radius 2 is 1.85 bits per heavy atom. The highest BCUT2D eigenvalue weighted by atomic mass is 14.6. The van der Waals surface area contributed by atoms with Gasteiger partial charge in [-0.25, -0.2) is 0 Å². The van der Waals surface area contributed by atoms with E-state index in [4.69, 9.17) is 0 Å². The fourth-order valence-corrected chi connectivity index (χ4v) is 4.16. The van der Waals surface area contributed by atoms with Crippen molar-refractivity contribution in [3.05, 3.63) is 12.2 Å². The first-order valence-electron chi connectivity index (χ1n) is 5.96. The largest absolute Gasteiger partial charge is 0.0848 e. The van der Waals surface area contributed by atoms with Crippen molar-refractivity contribution in [2.75, 3.05) is 0 Å². The molecular weight excluding hydrogens is 156 g/mol. The quantitative estimate of drug-likeness (QED) is 0.572. The van der Waals surface area contributed by atoms with Gasteiger partial charge in [0.05, 0.1) is 0 Å². The van der Waals surface area contributed by atoms with Gasteiger partial charge in [-0.1, -0.05) is 39.3 Å². The monoisotopic (exact) mass is 178 g/mol. The third-order valence-corrected chi connectivity index (χ3v) is 4.87. The molecule has 2 rings (SSSR count). The average molecular weight is 178 g/mol. The van der Waals surface area contributed by atoms with Crippen LogP contribution in [0, 0.1) is 23.2 Å². The van der Waals surface area contributed by atoms with Gasteiger partial charge in [0, 0.05) is 0 Å². The van der Waals surface area contributed by atoms with Crippen LogP contribution in [0.15, 0.2) is 12.2 Å². The Balaban J connectivity index is 2.30. The molecule has 0 aromatic rings. The second-order valence-electron chi connectivity index (χ2n) is 4.85. The second-order valence-corrected chi connectivity index (χ2v) is 4.85. The molecule has 0 heteroatoms. The van der Waals surface area contributed by atoms with E-state index in [1.807, 2.05) is 0 Å². The molecular formula is C13H22. The zero-order chi connectivity index (χ0) is 9.47. The van der Waals surface area contributed by atoms with Gasteiger partial charge in [-0.05, 0) is 42.4 Å². The summed E-state index contributed by atoms with van der Waals surface area (Å²) in [4.78, 5) is 0. The summed E-state index contributed by atoms with van der Waals surface area (Å²) in [6.07, 6.45) is 10.6. The molecule has 2 aliphatic carbocycles. The van der Waals surface area contributed by atoms with Gasteiger partial charge >= 0.3 is 0 Å². The molecule has 0 N–H and O–H groups in total. The van der Waals surface area contributed by atoms with Crippen molar-refractivity contribution in [3.8, 4) is 0 Å². The molecule has 3 atom stereocenters. The van der Waals surface area contributed by atoms with Crippen LogP contribution in [-0.2, 0) is 0 Å². The van der Waals surface area contributed by atoms with Crippen molar-refractivity contribution < 1.29 is 0 Å². The van der Waals surface area contributed by atoms with Crippen LogP contribution >= 0.6 is 0 Å². The standard InChI is InChI=1S/C13H22/c1-4-12-10-7-8-11(9-10)13(12,5-2)6-3/h7-8,10-12H,4-6,9H2,1-3H3. The van der Waals surface area contributed by atoms with Crippen LogP contribution in [0.4, 0.5) is 0 Å². The summed E-state index contributed by atoms with van der Waals surface area (Å²) in [7, 11) is 0. The van der Waals surface area contributed by atoms with E-state index < -0.39 is 0 Å². The van der Waals surface area contributed by atoms with E-state index in [0.717, 1.165) is 17.8 Å². The van der Waals surface area contributed by atoms with Crippen molar-refractivity contribution in [2.45, 2.75) is 46.5 Å². The average Bonchev–Trinajstić information content (AvgIpc) is 2.74. The van der Waals surface area contributed by atoms with Crippen molar-refractivity contribution in [2.24, 2.45) is 23.2 Å². The van der Waals surface area contributed by atoms with Crippen molar-refractivity contribution in [1.29, 1.82) is 0 Å². The summed E-state index contributed by atoms with van der Waals surface area (Å²) in [5.74, 6) is 2.82. The van der Waals surface area contributed by atoms with E-state index in [1.54, 1.807) is 0 Å². The van der Waals surface area contributed by atoms with Crippen molar-refractivity contribution >= 4 is 0 Å². The molecule has 0 aromatic carbocycles. The minimum absolute atomic E-state index is 0.675.